The summed E-state index contributed by atoms with van der Waals surface area (Å²) in [7, 11) is 0. The smallest absolute Gasteiger partial charge is 0.227 e. The number of carbonyl (C=O) groups excluding carboxylic acids is 2. The van der Waals surface area contributed by atoms with Gasteiger partial charge in [0.15, 0.2) is 0 Å². The van der Waals surface area contributed by atoms with E-state index in [-0.39, 0.29) is 30.1 Å². The molecule has 3 fully saturated rings. The van der Waals surface area contributed by atoms with E-state index in [9.17, 15) is 9.59 Å². The van der Waals surface area contributed by atoms with Gasteiger partial charge >= 0.3 is 0 Å². The van der Waals surface area contributed by atoms with E-state index in [0.717, 1.165) is 50.9 Å². The Morgan fingerprint density at radius 2 is 1.74 bits per heavy atom. The van der Waals surface area contributed by atoms with Crippen LogP contribution < -0.4 is 10.6 Å². The van der Waals surface area contributed by atoms with Gasteiger partial charge in [0.2, 0.25) is 11.8 Å². The van der Waals surface area contributed by atoms with Crippen LogP contribution in [0.15, 0.2) is 0 Å². The molecule has 3 atom stereocenters. The molecule has 2 amide bonds. The van der Waals surface area contributed by atoms with Gasteiger partial charge in [0, 0.05) is 26.1 Å². The molecule has 108 valence electrons. The van der Waals surface area contributed by atoms with Crippen molar-refractivity contribution in [2.45, 2.75) is 19.3 Å². The van der Waals surface area contributed by atoms with Crippen molar-refractivity contribution in [1.82, 2.24) is 15.5 Å². The van der Waals surface area contributed by atoms with Crippen molar-refractivity contribution < 1.29 is 9.59 Å². The number of halogens is 1. The lowest BCUT2D eigenvalue weighted by Gasteiger charge is -2.23. The van der Waals surface area contributed by atoms with Crippen LogP contribution in [-0.2, 0) is 9.59 Å². The van der Waals surface area contributed by atoms with E-state index in [0.29, 0.717) is 13.0 Å². The van der Waals surface area contributed by atoms with Crippen molar-refractivity contribution in [2.75, 3.05) is 32.7 Å². The van der Waals surface area contributed by atoms with Crippen molar-refractivity contribution in [1.29, 1.82) is 0 Å². The molecular formula is C13H22ClN3O2. The van der Waals surface area contributed by atoms with Crippen LogP contribution in [0.25, 0.3) is 0 Å². The standard InChI is InChI=1S/C13H21N3O2.ClH/c17-12-5-11(8-15-12)13(18)16-3-1-9-6-14-7-10(9)2-4-16;/h9-11,14H,1-8H2,(H,15,17);1H/t9-,10+,11?;. The molecule has 0 saturated carbocycles. The summed E-state index contributed by atoms with van der Waals surface area (Å²) in [6, 6.07) is 0. The number of hydrogen-bond donors (Lipinski definition) is 2. The SMILES string of the molecule is Cl.O=C1CC(C(=O)N2CC[C@@H]3CNC[C@@H]3CC2)CN1. The normalized spacial score (nSPS) is 34.2. The first-order valence-electron chi connectivity index (χ1n) is 7.00. The van der Waals surface area contributed by atoms with Crippen LogP contribution in [0.3, 0.4) is 0 Å². The lowest BCUT2D eigenvalue weighted by molar-refractivity contribution is -0.135. The van der Waals surface area contributed by atoms with Gasteiger partial charge in [-0.05, 0) is 37.8 Å². The van der Waals surface area contributed by atoms with Gasteiger partial charge in [0.05, 0.1) is 5.92 Å². The molecule has 0 aliphatic carbocycles. The maximum atomic E-state index is 12.3. The van der Waals surface area contributed by atoms with E-state index in [1.807, 2.05) is 4.90 Å². The van der Waals surface area contributed by atoms with E-state index in [2.05, 4.69) is 10.6 Å². The molecule has 2 N–H and O–H groups in total. The van der Waals surface area contributed by atoms with Gasteiger partial charge in [-0.15, -0.1) is 12.4 Å². The molecule has 5 nitrogen and oxygen atoms in total. The van der Waals surface area contributed by atoms with E-state index in [1.165, 1.54) is 0 Å². The largest absolute Gasteiger partial charge is 0.355 e. The Morgan fingerprint density at radius 3 is 2.26 bits per heavy atom. The fraction of sp³-hybridized carbons (Fsp3) is 0.846. The van der Waals surface area contributed by atoms with E-state index in [4.69, 9.17) is 0 Å². The van der Waals surface area contributed by atoms with Gasteiger partial charge < -0.3 is 15.5 Å². The second kappa shape index (κ2) is 6.09. The van der Waals surface area contributed by atoms with Gasteiger partial charge in [0.25, 0.3) is 0 Å². The minimum Gasteiger partial charge on any atom is -0.355 e. The molecule has 0 aromatic carbocycles. The topological polar surface area (TPSA) is 61.4 Å². The zero-order chi connectivity index (χ0) is 12.5. The number of nitrogens with zero attached hydrogens (tertiary/aromatic N) is 1. The Morgan fingerprint density at radius 1 is 1.11 bits per heavy atom. The van der Waals surface area contributed by atoms with Crippen LogP contribution in [0.2, 0.25) is 0 Å². The summed E-state index contributed by atoms with van der Waals surface area (Å²) in [6.07, 6.45) is 2.60. The molecule has 3 aliphatic heterocycles. The maximum Gasteiger partial charge on any atom is 0.227 e. The highest BCUT2D eigenvalue weighted by Crippen LogP contribution is 2.28. The summed E-state index contributed by atoms with van der Waals surface area (Å²) in [5.74, 6) is 1.57. The van der Waals surface area contributed by atoms with Crippen LogP contribution in [0.4, 0.5) is 0 Å². The highest BCUT2D eigenvalue weighted by atomic mass is 35.5. The fourth-order valence-electron chi connectivity index (χ4n) is 3.48. The molecule has 0 aromatic rings. The third-order valence-corrected chi connectivity index (χ3v) is 4.66. The molecular weight excluding hydrogens is 266 g/mol. The summed E-state index contributed by atoms with van der Waals surface area (Å²) in [5.41, 5.74) is 0. The van der Waals surface area contributed by atoms with Gasteiger partial charge in [-0.3, -0.25) is 9.59 Å². The third-order valence-electron chi connectivity index (χ3n) is 4.66. The Bertz CT molecular complexity index is 350. The summed E-state index contributed by atoms with van der Waals surface area (Å²) < 4.78 is 0. The molecule has 0 bridgehead atoms. The molecule has 3 aliphatic rings. The third kappa shape index (κ3) is 3.03. The lowest BCUT2D eigenvalue weighted by atomic mass is 9.92. The molecule has 19 heavy (non-hydrogen) atoms. The van der Waals surface area contributed by atoms with Crippen molar-refractivity contribution in [3.05, 3.63) is 0 Å². The Kier molecular flexibility index (Phi) is 4.68. The first-order chi connectivity index (χ1) is 8.74. The Balaban J connectivity index is 0.00000133. The monoisotopic (exact) mass is 287 g/mol. The molecule has 3 heterocycles. The zero-order valence-electron chi connectivity index (χ0n) is 11.1. The van der Waals surface area contributed by atoms with Crippen LogP contribution in [0, 0.1) is 17.8 Å². The lowest BCUT2D eigenvalue weighted by Crippen LogP contribution is -2.38. The van der Waals surface area contributed by atoms with Crippen molar-refractivity contribution in [3.63, 3.8) is 0 Å². The molecule has 6 heteroatoms. The fourth-order valence-corrected chi connectivity index (χ4v) is 3.48. The van der Waals surface area contributed by atoms with Crippen LogP contribution in [0.5, 0.6) is 0 Å². The summed E-state index contributed by atoms with van der Waals surface area (Å²) in [5, 5.41) is 6.19. The maximum absolute atomic E-state index is 12.3. The first-order valence-corrected chi connectivity index (χ1v) is 7.00. The van der Waals surface area contributed by atoms with Crippen molar-refractivity contribution in [3.8, 4) is 0 Å². The molecule has 0 radical (unpaired) electrons. The number of hydrogen-bond acceptors (Lipinski definition) is 3. The minimum atomic E-state index is -0.117. The highest BCUT2D eigenvalue weighted by Gasteiger charge is 2.35. The second-order valence-electron chi connectivity index (χ2n) is 5.79. The Labute approximate surface area is 119 Å². The number of carbonyl (C=O) groups is 2. The molecule has 3 rings (SSSR count). The average Bonchev–Trinajstić information content (AvgIpc) is 2.94. The predicted molar refractivity (Wildman–Crippen MR) is 74.0 cm³/mol. The minimum absolute atomic E-state index is 0. The second-order valence-corrected chi connectivity index (χ2v) is 5.79. The number of rotatable bonds is 1. The number of amides is 2. The summed E-state index contributed by atoms with van der Waals surface area (Å²) >= 11 is 0. The number of fused-ring (bicyclic) bond motifs is 1. The van der Waals surface area contributed by atoms with E-state index >= 15 is 0 Å². The summed E-state index contributed by atoms with van der Waals surface area (Å²) in [6.45, 7) is 4.48. The van der Waals surface area contributed by atoms with Gasteiger partial charge in [-0.2, -0.15) is 0 Å². The number of nitrogens with one attached hydrogen (secondary N) is 2. The molecule has 3 saturated heterocycles. The van der Waals surface area contributed by atoms with Crippen molar-refractivity contribution >= 4 is 24.2 Å². The average molecular weight is 288 g/mol. The first kappa shape index (κ1) is 14.6. The molecule has 0 aromatic heterocycles. The summed E-state index contributed by atoms with van der Waals surface area (Å²) in [4.78, 5) is 25.5. The molecule has 1 unspecified atom stereocenters. The van der Waals surface area contributed by atoms with Crippen LogP contribution in [-0.4, -0.2) is 49.4 Å². The van der Waals surface area contributed by atoms with Crippen LogP contribution in [0.1, 0.15) is 19.3 Å². The van der Waals surface area contributed by atoms with E-state index < -0.39 is 0 Å². The Hall–Kier alpha value is -0.810. The van der Waals surface area contributed by atoms with Crippen LogP contribution >= 0.6 is 12.4 Å². The highest BCUT2D eigenvalue weighted by molar-refractivity contribution is 5.89. The zero-order valence-corrected chi connectivity index (χ0v) is 11.9. The predicted octanol–water partition coefficient (Wildman–Crippen LogP) is 0.00230. The van der Waals surface area contributed by atoms with E-state index in [1.54, 1.807) is 0 Å². The number of likely N-dealkylation sites (tertiary alicyclic amines) is 1. The van der Waals surface area contributed by atoms with Crippen molar-refractivity contribution in [2.24, 2.45) is 17.8 Å². The van der Waals surface area contributed by atoms with Gasteiger partial charge in [0.1, 0.15) is 0 Å². The van der Waals surface area contributed by atoms with Gasteiger partial charge in [-0.25, -0.2) is 0 Å². The molecule has 0 spiro atoms. The van der Waals surface area contributed by atoms with Gasteiger partial charge in [-0.1, -0.05) is 0 Å². The quantitative estimate of drug-likeness (QED) is 0.714.